The SMILES string of the molecule is NC1CCc2nc(Cc3ccc(O)cc3)sc2C1. The smallest absolute Gasteiger partial charge is 0.115 e. The number of hydrogen-bond donors (Lipinski definition) is 2. The Morgan fingerprint density at radius 2 is 2.11 bits per heavy atom. The molecule has 0 aliphatic heterocycles. The van der Waals surface area contributed by atoms with E-state index in [1.165, 1.54) is 16.1 Å². The number of aromatic hydroxyl groups is 1. The quantitative estimate of drug-likeness (QED) is 0.870. The van der Waals surface area contributed by atoms with Crippen LogP contribution in [-0.2, 0) is 19.3 Å². The molecule has 1 heterocycles. The molecule has 0 bridgehead atoms. The number of thiazole rings is 1. The number of nitrogens with zero attached hydrogens (tertiary/aromatic N) is 1. The summed E-state index contributed by atoms with van der Waals surface area (Å²) in [6.45, 7) is 0. The van der Waals surface area contributed by atoms with Gasteiger partial charge < -0.3 is 10.8 Å². The largest absolute Gasteiger partial charge is 0.508 e. The van der Waals surface area contributed by atoms with E-state index < -0.39 is 0 Å². The lowest BCUT2D eigenvalue weighted by molar-refractivity contribution is 0.475. The lowest BCUT2D eigenvalue weighted by Gasteiger charge is -2.15. The van der Waals surface area contributed by atoms with E-state index >= 15 is 0 Å². The third-order valence-electron chi connectivity index (χ3n) is 3.31. The van der Waals surface area contributed by atoms with Gasteiger partial charge in [0.15, 0.2) is 0 Å². The number of aromatic nitrogens is 1. The first-order valence-corrected chi connectivity index (χ1v) is 7.03. The first-order chi connectivity index (χ1) is 8.70. The number of hydrogen-bond acceptors (Lipinski definition) is 4. The summed E-state index contributed by atoms with van der Waals surface area (Å²) in [7, 11) is 0. The average molecular weight is 260 g/mol. The van der Waals surface area contributed by atoms with Crippen molar-refractivity contribution in [2.24, 2.45) is 5.73 Å². The van der Waals surface area contributed by atoms with Crippen LogP contribution in [0.4, 0.5) is 0 Å². The molecular formula is C14H16N2OS. The fourth-order valence-corrected chi connectivity index (χ4v) is 3.56. The molecule has 0 amide bonds. The van der Waals surface area contributed by atoms with Crippen LogP contribution in [0.3, 0.4) is 0 Å². The van der Waals surface area contributed by atoms with Crippen LogP contribution in [0.15, 0.2) is 24.3 Å². The summed E-state index contributed by atoms with van der Waals surface area (Å²) < 4.78 is 0. The minimum absolute atomic E-state index is 0.305. The van der Waals surface area contributed by atoms with Gasteiger partial charge in [-0.15, -0.1) is 11.3 Å². The molecule has 18 heavy (non-hydrogen) atoms. The van der Waals surface area contributed by atoms with Crippen molar-refractivity contribution in [3.05, 3.63) is 45.4 Å². The number of nitrogens with two attached hydrogens (primary N) is 1. The highest BCUT2D eigenvalue weighted by molar-refractivity contribution is 7.11. The Morgan fingerprint density at radius 3 is 2.89 bits per heavy atom. The molecule has 0 saturated carbocycles. The summed E-state index contributed by atoms with van der Waals surface area (Å²) in [4.78, 5) is 6.07. The molecule has 2 aromatic rings. The number of rotatable bonds is 2. The van der Waals surface area contributed by atoms with Crippen molar-refractivity contribution in [3.63, 3.8) is 0 Å². The fourth-order valence-electron chi connectivity index (χ4n) is 2.32. The van der Waals surface area contributed by atoms with Gasteiger partial charge in [-0.2, -0.15) is 0 Å². The summed E-state index contributed by atoms with van der Waals surface area (Å²) in [6, 6.07) is 7.64. The van der Waals surface area contributed by atoms with Gasteiger partial charge >= 0.3 is 0 Å². The Morgan fingerprint density at radius 1 is 1.33 bits per heavy atom. The Balaban J connectivity index is 1.79. The van der Waals surface area contributed by atoms with Crippen molar-refractivity contribution < 1.29 is 5.11 Å². The maximum Gasteiger partial charge on any atom is 0.115 e. The van der Waals surface area contributed by atoms with Gasteiger partial charge in [-0.25, -0.2) is 4.98 Å². The van der Waals surface area contributed by atoms with Crippen molar-refractivity contribution in [1.82, 2.24) is 4.98 Å². The van der Waals surface area contributed by atoms with Gasteiger partial charge in [0.05, 0.1) is 10.7 Å². The zero-order valence-electron chi connectivity index (χ0n) is 10.1. The summed E-state index contributed by atoms with van der Waals surface area (Å²) in [5, 5.41) is 10.4. The minimum atomic E-state index is 0.305. The summed E-state index contributed by atoms with van der Waals surface area (Å²) >= 11 is 1.78. The summed E-state index contributed by atoms with van der Waals surface area (Å²) in [5.74, 6) is 0.308. The topological polar surface area (TPSA) is 59.1 Å². The molecule has 1 unspecified atom stereocenters. The van der Waals surface area contributed by atoms with Crippen LogP contribution in [0.5, 0.6) is 5.75 Å². The van der Waals surface area contributed by atoms with E-state index in [1.807, 2.05) is 12.1 Å². The molecular weight excluding hydrogens is 244 g/mol. The number of benzene rings is 1. The predicted molar refractivity (Wildman–Crippen MR) is 73.0 cm³/mol. The van der Waals surface area contributed by atoms with E-state index in [0.717, 1.165) is 30.7 Å². The molecule has 0 saturated heterocycles. The normalized spacial score (nSPS) is 18.6. The van der Waals surface area contributed by atoms with Gasteiger partial charge in [0.2, 0.25) is 0 Å². The van der Waals surface area contributed by atoms with Crippen LogP contribution in [0.25, 0.3) is 0 Å². The molecule has 94 valence electrons. The standard InChI is InChI=1S/C14H16N2OS/c15-10-3-6-12-13(8-10)18-14(16-12)7-9-1-4-11(17)5-2-9/h1-2,4-5,10,17H,3,6-8,15H2. The Hall–Kier alpha value is -1.39. The molecule has 1 atom stereocenters. The van der Waals surface area contributed by atoms with Crippen LogP contribution in [0.1, 0.15) is 27.6 Å². The van der Waals surface area contributed by atoms with E-state index in [-0.39, 0.29) is 0 Å². The van der Waals surface area contributed by atoms with E-state index in [2.05, 4.69) is 0 Å². The van der Waals surface area contributed by atoms with E-state index in [1.54, 1.807) is 23.5 Å². The molecule has 0 radical (unpaired) electrons. The molecule has 1 aliphatic rings. The maximum atomic E-state index is 9.26. The first-order valence-electron chi connectivity index (χ1n) is 6.21. The van der Waals surface area contributed by atoms with Crippen molar-refractivity contribution in [3.8, 4) is 5.75 Å². The van der Waals surface area contributed by atoms with Crippen molar-refractivity contribution in [2.75, 3.05) is 0 Å². The number of phenols is 1. The van der Waals surface area contributed by atoms with Gasteiger partial charge in [-0.05, 0) is 37.0 Å². The van der Waals surface area contributed by atoms with Crippen LogP contribution < -0.4 is 5.73 Å². The van der Waals surface area contributed by atoms with Crippen molar-refractivity contribution in [1.29, 1.82) is 0 Å². The highest BCUT2D eigenvalue weighted by atomic mass is 32.1. The second kappa shape index (κ2) is 4.71. The van der Waals surface area contributed by atoms with Gasteiger partial charge in [-0.3, -0.25) is 0 Å². The van der Waals surface area contributed by atoms with Crippen molar-refractivity contribution >= 4 is 11.3 Å². The molecule has 1 aliphatic carbocycles. The molecule has 0 fully saturated rings. The van der Waals surface area contributed by atoms with Gasteiger partial charge in [-0.1, -0.05) is 12.1 Å². The van der Waals surface area contributed by atoms with Gasteiger partial charge in [0, 0.05) is 17.3 Å². The highest BCUT2D eigenvalue weighted by Gasteiger charge is 2.19. The van der Waals surface area contributed by atoms with Crippen molar-refractivity contribution in [2.45, 2.75) is 31.7 Å². The highest BCUT2D eigenvalue weighted by Crippen LogP contribution is 2.27. The first kappa shape index (κ1) is 11.7. The maximum absolute atomic E-state index is 9.26. The predicted octanol–water partition coefficient (Wildman–Crippen LogP) is 2.26. The van der Waals surface area contributed by atoms with Crippen LogP contribution in [0.2, 0.25) is 0 Å². The Labute approximate surface area is 110 Å². The zero-order chi connectivity index (χ0) is 12.5. The molecule has 1 aromatic carbocycles. The number of phenolic OH excluding ortho intramolecular Hbond substituents is 1. The molecule has 4 heteroatoms. The second-order valence-corrected chi connectivity index (χ2v) is 5.99. The third-order valence-corrected chi connectivity index (χ3v) is 4.43. The van der Waals surface area contributed by atoms with E-state index in [0.29, 0.717) is 11.8 Å². The Bertz CT molecular complexity index is 547. The van der Waals surface area contributed by atoms with E-state index in [9.17, 15) is 5.11 Å². The third kappa shape index (κ3) is 2.40. The second-order valence-electron chi connectivity index (χ2n) is 4.82. The Kier molecular flexibility index (Phi) is 3.06. The average Bonchev–Trinajstić information content (AvgIpc) is 2.73. The summed E-state index contributed by atoms with van der Waals surface area (Å²) in [5.41, 5.74) is 8.41. The fraction of sp³-hybridized carbons (Fsp3) is 0.357. The molecule has 3 rings (SSSR count). The van der Waals surface area contributed by atoms with Gasteiger partial charge in [0.1, 0.15) is 5.75 Å². The molecule has 3 N–H and O–H groups in total. The lowest BCUT2D eigenvalue weighted by atomic mass is 9.99. The number of fused-ring (bicyclic) bond motifs is 1. The lowest BCUT2D eigenvalue weighted by Crippen LogP contribution is -2.26. The zero-order valence-corrected chi connectivity index (χ0v) is 10.9. The number of aryl methyl sites for hydroxylation is 1. The minimum Gasteiger partial charge on any atom is -0.508 e. The monoisotopic (exact) mass is 260 g/mol. The van der Waals surface area contributed by atoms with E-state index in [4.69, 9.17) is 10.7 Å². The molecule has 0 spiro atoms. The van der Waals surface area contributed by atoms with Crippen LogP contribution >= 0.6 is 11.3 Å². The summed E-state index contributed by atoms with van der Waals surface area (Å²) in [6.07, 6.45) is 3.88. The molecule has 1 aromatic heterocycles. The van der Waals surface area contributed by atoms with Crippen LogP contribution in [-0.4, -0.2) is 16.1 Å². The van der Waals surface area contributed by atoms with Gasteiger partial charge in [0.25, 0.3) is 0 Å². The van der Waals surface area contributed by atoms with Crippen LogP contribution in [0, 0.1) is 0 Å². The molecule has 3 nitrogen and oxygen atoms in total.